The van der Waals surface area contributed by atoms with Crippen LogP contribution in [0.1, 0.15) is 12.5 Å². The molecule has 0 atom stereocenters. The molecule has 120 valence electrons. The molecule has 0 aromatic heterocycles. The number of hydrogen-bond donors (Lipinski definition) is 1. The van der Waals surface area contributed by atoms with E-state index in [0.29, 0.717) is 22.9 Å². The van der Waals surface area contributed by atoms with Gasteiger partial charge in [0.25, 0.3) is 5.69 Å². The van der Waals surface area contributed by atoms with Crippen molar-refractivity contribution in [1.82, 2.24) is 0 Å². The van der Waals surface area contributed by atoms with Gasteiger partial charge in [0.05, 0.1) is 30.5 Å². The van der Waals surface area contributed by atoms with Crippen molar-refractivity contribution in [2.75, 3.05) is 19.6 Å². The number of benzene rings is 2. The summed E-state index contributed by atoms with van der Waals surface area (Å²) in [4.78, 5) is 10.3. The summed E-state index contributed by atoms with van der Waals surface area (Å²) < 4.78 is 10.4. The SMILES string of the molecule is COc1ccc(/C(C)=N/Nc2cccc([N+](=O)[O-])c2)cc1OC. The molecule has 7 heteroatoms. The maximum Gasteiger partial charge on any atom is 0.271 e. The van der Waals surface area contributed by atoms with Crippen LogP contribution in [-0.4, -0.2) is 24.9 Å². The Morgan fingerprint density at radius 1 is 1.13 bits per heavy atom. The molecule has 0 saturated carbocycles. The van der Waals surface area contributed by atoms with Crippen molar-refractivity contribution >= 4 is 17.1 Å². The van der Waals surface area contributed by atoms with E-state index in [-0.39, 0.29) is 5.69 Å². The summed E-state index contributed by atoms with van der Waals surface area (Å²) in [6, 6.07) is 11.6. The van der Waals surface area contributed by atoms with E-state index < -0.39 is 4.92 Å². The largest absolute Gasteiger partial charge is 0.493 e. The van der Waals surface area contributed by atoms with E-state index in [0.717, 1.165) is 5.56 Å². The van der Waals surface area contributed by atoms with Crippen LogP contribution in [0.2, 0.25) is 0 Å². The smallest absolute Gasteiger partial charge is 0.271 e. The zero-order valence-electron chi connectivity index (χ0n) is 13.1. The minimum absolute atomic E-state index is 0.00831. The molecule has 0 fully saturated rings. The summed E-state index contributed by atoms with van der Waals surface area (Å²) in [6.07, 6.45) is 0. The third-order valence-corrected chi connectivity index (χ3v) is 3.21. The Kier molecular flexibility index (Phi) is 5.14. The molecular weight excluding hydrogens is 298 g/mol. The van der Waals surface area contributed by atoms with Crippen LogP contribution in [0.4, 0.5) is 11.4 Å². The molecule has 1 N–H and O–H groups in total. The highest BCUT2D eigenvalue weighted by Crippen LogP contribution is 2.27. The molecule has 0 saturated heterocycles. The molecule has 0 aliphatic rings. The molecule has 23 heavy (non-hydrogen) atoms. The van der Waals surface area contributed by atoms with Gasteiger partial charge in [0.1, 0.15) is 0 Å². The topological polar surface area (TPSA) is 86.0 Å². The lowest BCUT2D eigenvalue weighted by Crippen LogP contribution is -2.01. The van der Waals surface area contributed by atoms with Crippen LogP contribution in [0.15, 0.2) is 47.6 Å². The fraction of sp³-hybridized carbons (Fsp3) is 0.188. The van der Waals surface area contributed by atoms with Gasteiger partial charge in [-0.05, 0) is 31.2 Å². The molecule has 0 bridgehead atoms. The molecule has 0 radical (unpaired) electrons. The summed E-state index contributed by atoms with van der Waals surface area (Å²) in [6.45, 7) is 1.83. The maximum absolute atomic E-state index is 10.8. The number of hydrogen-bond acceptors (Lipinski definition) is 6. The Morgan fingerprint density at radius 2 is 1.87 bits per heavy atom. The van der Waals surface area contributed by atoms with Crippen LogP contribution in [0.3, 0.4) is 0 Å². The van der Waals surface area contributed by atoms with Gasteiger partial charge in [0.2, 0.25) is 0 Å². The van der Waals surface area contributed by atoms with Gasteiger partial charge in [-0.3, -0.25) is 15.5 Å². The fourth-order valence-corrected chi connectivity index (χ4v) is 1.96. The van der Waals surface area contributed by atoms with Crippen molar-refractivity contribution in [1.29, 1.82) is 0 Å². The van der Waals surface area contributed by atoms with Crippen LogP contribution in [0, 0.1) is 10.1 Å². The van der Waals surface area contributed by atoms with Crippen LogP contribution in [0.25, 0.3) is 0 Å². The van der Waals surface area contributed by atoms with Crippen molar-refractivity contribution in [2.45, 2.75) is 6.92 Å². The lowest BCUT2D eigenvalue weighted by Gasteiger charge is -2.09. The van der Waals surface area contributed by atoms with Crippen LogP contribution >= 0.6 is 0 Å². The summed E-state index contributed by atoms with van der Waals surface area (Å²) in [7, 11) is 3.14. The van der Waals surface area contributed by atoms with Crippen LogP contribution < -0.4 is 14.9 Å². The van der Waals surface area contributed by atoms with Crippen molar-refractivity contribution in [3.63, 3.8) is 0 Å². The molecule has 0 amide bonds. The average molecular weight is 315 g/mol. The van der Waals surface area contributed by atoms with Gasteiger partial charge in [0.15, 0.2) is 11.5 Å². The van der Waals surface area contributed by atoms with Gasteiger partial charge in [-0.2, -0.15) is 5.10 Å². The summed E-state index contributed by atoms with van der Waals surface area (Å²) in [5.74, 6) is 1.24. The van der Waals surface area contributed by atoms with Crippen molar-refractivity contribution in [3.05, 3.63) is 58.1 Å². The number of non-ortho nitro benzene ring substituents is 1. The van der Waals surface area contributed by atoms with E-state index in [2.05, 4.69) is 10.5 Å². The van der Waals surface area contributed by atoms with E-state index in [9.17, 15) is 10.1 Å². The molecule has 0 heterocycles. The first-order chi connectivity index (χ1) is 11.0. The highest BCUT2D eigenvalue weighted by atomic mass is 16.6. The second kappa shape index (κ2) is 7.26. The zero-order valence-corrected chi connectivity index (χ0v) is 13.1. The molecule has 2 rings (SSSR count). The van der Waals surface area contributed by atoms with E-state index in [1.165, 1.54) is 12.1 Å². The number of nitrogens with zero attached hydrogens (tertiary/aromatic N) is 2. The quantitative estimate of drug-likeness (QED) is 0.501. The lowest BCUT2D eigenvalue weighted by molar-refractivity contribution is -0.384. The molecule has 7 nitrogen and oxygen atoms in total. The second-order valence-corrected chi connectivity index (χ2v) is 4.69. The standard InChI is InChI=1S/C16H17N3O4/c1-11(12-7-8-15(22-2)16(9-12)23-3)17-18-13-5-4-6-14(10-13)19(20)21/h4-10,18H,1-3H3/b17-11+. The number of rotatable bonds is 6. The normalized spacial score (nSPS) is 11.0. The van der Waals surface area contributed by atoms with Gasteiger partial charge in [-0.15, -0.1) is 0 Å². The predicted molar refractivity (Wildman–Crippen MR) is 88.5 cm³/mol. The van der Waals surface area contributed by atoms with E-state index in [1.807, 2.05) is 19.1 Å². The molecule has 0 spiro atoms. The van der Waals surface area contributed by atoms with Crippen LogP contribution in [-0.2, 0) is 0 Å². The number of anilines is 1. The van der Waals surface area contributed by atoms with E-state index in [4.69, 9.17) is 9.47 Å². The highest BCUT2D eigenvalue weighted by molar-refractivity contribution is 5.99. The summed E-state index contributed by atoms with van der Waals surface area (Å²) in [5, 5.41) is 15.0. The second-order valence-electron chi connectivity index (χ2n) is 4.69. The lowest BCUT2D eigenvalue weighted by atomic mass is 10.1. The van der Waals surface area contributed by atoms with Crippen molar-refractivity contribution in [3.8, 4) is 11.5 Å². The first kappa shape index (κ1) is 16.3. The van der Waals surface area contributed by atoms with Gasteiger partial charge in [-0.25, -0.2) is 0 Å². The first-order valence-electron chi connectivity index (χ1n) is 6.82. The number of nitrogens with one attached hydrogen (secondary N) is 1. The minimum atomic E-state index is -0.448. The van der Waals surface area contributed by atoms with E-state index in [1.54, 1.807) is 32.4 Å². The Hall–Kier alpha value is -3.09. The minimum Gasteiger partial charge on any atom is -0.493 e. The average Bonchev–Trinajstić information content (AvgIpc) is 2.59. The molecule has 2 aromatic carbocycles. The highest BCUT2D eigenvalue weighted by Gasteiger charge is 2.07. The molecular formula is C16H17N3O4. The third kappa shape index (κ3) is 3.97. The predicted octanol–water partition coefficient (Wildman–Crippen LogP) is 3.45. The Morgan fingerprint density at radius 3 is 2.52 bits per heavy atom. The fourth-order valence-electron chi connectivity index (χ4n) is 1.96. The van der Waals surface area contributed by atoms with Gasteiger partial charge in [0, 0.05) is 17.7 Å². The molecule has 0 aliphatic carbocycles. The van der Waals surface area contributed by atoms with Gasteiger partial charge < -0.3 is 9.47 Å². The molecule has 0 aliphatic heterocycles. The third-order valence-electron chi connectivity index (χ3n) is 3.21. The monoisotopic (exact) mass is 315 g/mol. The van der Waals surface area contributed by atoms with Crippen LogP contribution in [0.5, 0.6) is 11.5 Å². The maximum atomic E-state index is 10.8. The first-order valence-corrected chi connectivity index (χ1v) is 6.82. The molecule has 0 unspecified atom stereocenters. The van der Waals surface area contributed by atoms with Crippen molar-refractivity contribution in [2.24, 2.45) is 5.10 Å². The van der Waals surface area contributed by atoms with Gasteiger partial charge in [-0.1, -0.05) is 6.07 Å². The summed E-state index contributed by atoms with van der Waals surface area (Å²) in [5.41, 5.74) is 4.92. The van der Waals surface area contributed by atoms with Gasteiger partial charge >= 0.3 is 0 Å². The van der Waals surface area contributed by atoms with Crippen molar-refractivity contribution < 1.29 is 14.4 Å². The number of ether oxygens (including phenoxy) is 2. The number of hydrazone groups is 1. The summed E-state index contributed by atoms with van der Waals surface area (Å²) >= 11 is 0. The Bertz CT molecular complexity index is 744. The Labute approximate surface area is 133 Å². The Balaban J connectivity index is 2.20. The number of methoxy groups -OCH3 is 2. The molecule has 2 aromatic rings. The van der Waals surface area contributed by atoms with E-state index >= 15 is 0 Å². The number of nitro groups is 1. The zero-order chi connectivity index (χ0) is 16.8. The number of nitro benzene ring substituents is 1.